The van der Waals surface area contributed by atoms with Crippen LogP contribution in [0.3, 0.4) is 0 Å². The van der Waals surface area contributed by atoms with E-state index in [4.69, 9.17) is 9.47 Å². The highest BCUT2D eigenvalue weighted by Gasteiger charge is 2.19. The summed E-state index contributed by atoms with van der Waals surface area (Å²) in [6, 6.07) is 11.8. The van der Waals surface area contributed by atoms with E-state index < -0.39 is 23.5 Å². The van der Waals surface area contributed by atoms with Crippen LogP contribution in [0.1, 0.15) is 10.4 Å². The summed E-state index contributed by atoms with van der Waals surface area (Å²) < 4.78 is 23.1. The van der Waals surface area contributed by atoms with Gasteiger partial charge >= 0.3 is 0 Å². The SMILES string of the molecule is COCCN(CC(=O)NCC(=O)Nc1ccc(OC)cc1)C(=O)c1ccc(F)cc1. The van der Waals surface area contributed by atoms with Gasteiger partial charge in [0.15, 0.2) is 0 Å². The van der Waals surface area contributed by atoms with Gasteiger partial charge in [0.2, 0.25) is 11.8 Å². The Morgan fingerprint density at radius 3 is 2.23 bits per heavy atom. The maximum absolute atomic E-state index is 13.1. The number of nitrogens with zero attached hydrogens (tertiary/aromatic N) is 1. The molecule has 0 atom stereocenters. The molecule has 0 saturated heterocycles. The molecule has 0 spiro atoms. The second-order valence-corrected chi connectivity index (χ2v) is 6.28. The highest BCUT2D eigenvalue weighted by Crippen LogP contribution is 2.14. The first-order valence-corrected chi connectivity index (χ1v) is 9.17. The van der Waals surface area contributed by atoms with Crippen LogP contribution in [-0.2, 0) is 14.3 Å². The number of hydrogen-bond acceptors (Lipinski definition) is 5. The van der Waals surface area contributed by atoms with Crippen molar-refractivity contribution in [3.63, 3.8) is 0 Å². The molecular weight excluding hydrogens is 393 g/mol. The molecule has 0 aliphatic rings. The quantitative estimate of drug-likeness (QED) is 0.613. The number of halogens is 1. The Bertz CT molecular complexity index is 856. The lowest BCUT2D eigenvalue weighted by molar-refractivity contribution is -0.124. The van der Waals surface area contributed by atoms with Gasteiger partial charge in [-0.2, -0.15) is 0 Å². The number of anilines is 1. The molecule has 2 aromatic rings. The fourth-order valence-electron chi connectivity index (χ4n) is 2.52. The van der Waals surface area contributed by atoms with Crippen LogP contribution in [0.5, 0.6) is 5.75 Å². The average molecular weight is 417 g/mol. The Balaban J connectivity index is 1.88. The van der Waals surface area contributed by atoms with Gasteiger partial charge in [0.05, 0.1) is 26.8 Å². The molecule has 0 saturated carbocycles. The van der Waals surface area contributed by atoms with Crippen molar-refractivity contribution in [2.75, 3.05) is 45.8 Å². The van der Waals surface area contributed by atoms with Gasteiger partial charge in [0.1, 0.15) is 11.6 Å². The molecule has 2 N–H and O–H groups in total. The van der Waals surface area contributed by atoms with Crippen molar-refractivity contribution in [1.82, 2.24) is 10.2 Å². The first-order valence-electron chi connectivity index (χ1n) is 9.17. The molecule has 3 amide bonds. The third-order valence-electron chi connectivity index (χ3n) is 4.10. The standard InChI is InChI=1S/C21H24FN3O5/c1-29-12-11-25(21(28)15-3-5-16(22)6-4-15)14-20(27)23-13-19(26)24-17-7-9-18(30-2)10-8-17/h3-10H,11-14H2,1-2H3,(H,23,27)(H,24,26). The second kappa shape index (κ2) is 11.5. The van der Waals surface area contributed by atoms with Crippen molar-refractivity contribution in [2.24, 2.45) is 0 Å². The number of carbonyl (C=O) groups is 3. The summed E-state index contributed by atoms with van der Waals surface area (Å²) >= 11 is 0. The van der Waals surface area contributed by atoms with Gasteiger partial charge in [0, 0.05) is 24.9 Å². The Labute approximate surface area is 174 Å². The van der Waals surface area contributed by atoms with Gasteiger partial charge in [-0.15, -0.1) is 0 Å². The summed E-state index contributed by atoms with van der Waals surface area (Å²) in [5.41, 5.74) is 0.806. The van der Waals surface area contributed by atoms with Gasteiger partial charge < -0.3 is 25.0 Å². The van der Waals surface area contributed by atoms with Crippen molar-refractivity contribution in [2.45, 2.75) is 0 Å². The fraction of sp³-hybridized carbons (Fsp3) is 0.286. The maximum atomic E-state index is 13.1. The molecule has 2 aromatic carbocycles. The molecule has 0 radical (unpaired) electrons. The van der Waals surface area contributed by atoms with Gasteiger partial charge in [-0.05, 0) is 48.5 Å². The van der Waals surface area contributed by atoms with Crippen molar-refractivity contribution in [3.05, 3.63) is 59.9 Å². The Morgan fingerprint density at radius 2 is 1.63 bits per heavy atom. The van der Waals surface area contributed by atoms with Crippen molar-refractivity contribution >= 4 is 23.4 Å². The lowest BCUT2D eigenvalue weighted by atomic mass is 10.2. The van der Waals surface area contributed by atoms with Gasteiger partial charge in [-0.25, -0.2) is 4.39 Å². The van der Waals surface area contributed by atoms with E-state index in [1.165, 1.54) is 36.3 Å². The number of benzene rings is 2. The molecule has 0 heterocycles. The molecule has 0 fully saturated rings. The van der Waals surface area contributed by atoms with Crippen LogP contribution < -0.4 is 15.4 Å². The minimum atomic E-state index is -0.508. The number of rotatable bonds is 10. The molecule has 0 bridgehead atoms. The summed E-state index contributed by atoms with van der Waals surface area (Å²) in [4.78, 5) is 38.1. The molecular formula is C21H24FN3O5. The summed E-state index contributed by atoms with van der Waals surface area (Å²) in [6.07, 6.45) is 0. The van der Waals surface area contributed by atoms with E-state index in [9.17, 15) is 18.8 Å². The minimum Gasteiger partial charge on any atom is -0.497 e. The normalized spacial score (nSPS) is 10.2. The Hall–Kier alpha value is -3.46. The lowest BCUT2D eigenvalue weighted by Crippen LogP contribution is -2.44. The first-order chi connectivity index (χ1) is 14.4. The van der Waals surface area contributed by atoms with Crippen molar-refractivity contribution < 1.29 is 28.2 Å². The van der Waals surface area contributed by atoms with E-state index in [1.807, 2.05) is 0 Å². The average Bonchev–Trinajstić information content (AvgIpc) is 2.75. The molecule has 2 rings (SSSR count). The van der Waals surface area contributed by atoms with Crippen molar-refractivity contribution in [3.8, 4) is 5.75 Å². The lowest BCUT2D eigenvalue weighted by Gasteiger charge is -2.22. The summed E-state index contributed by atoms with van der Waals surface area (Å²) in [5.74, 6) is -1.17. The van der Waals surface area contributed by atoms with E-state index in [0.717, 1.165) is 0 Å². The molecule has 0 aliphatic carbocycles. The van der Waals surface area contributed by atoms with E-state index >= 15 is 0 Å². The second-order valence-electron chi connectivity index (χ2n) is 6.28. The molecule has 8 nitrogen and oxygen atoms in total. The third kappa shape index (κ3) is 7.17. The molecule has 0 aliphatic heterocycles. The molecule has 9 heteroatoms. The first kappa shape index (κ1) is 22.8. The Morgan fingerprint density at radius 1 is 0.967 bits per heavy atom. The molecule has 30 heavy (non-hydrogen) atoms. The van der Waals surface area contributed by atoms with E-state index in [-0.39, 0.29) is 31.8 Å². The monoisotopic (exact) mass is 417 g/mol. The van der Waals surface area contributed by atoms with E-state index in [0.29, 0.717) is 11.4 Å². The summed E-state index contributed by atoms with van der Waals surface area (Å²) in [5, 5.41) is 5.12. The maximum Gasteiger partial charge on any atom is 0.254 e. The highest BCUT2D eigenvalue weighted by atomic mass is 19.1. The third-order valence-corrected chi connectivity index (χ3v) is 4.10. The molecule has 0 unspecified atom stereocenters. The predicted molar refractivity (Wildman–Crippen MR) is 109 cm³/mol. The number of amides is 3. The van der Waals surface area contributed by atoms with Gasteiger partial charge in [-0.1, -0.05) is 0 Å². The number of carbonyl (C=O) groups excluding carboxylic acids is 3. The smallest absolute Gasteiger partial charge is 0.254 e. The molecule has 0 aromatic heterocycles. The van der Waals surface area contributed by atoms with Crippen LogP contribution in [0.4, 0.5) is 10.1 Å². The van der Waals surface area contributed by atoms with E-state index in [2.05, 4.69) is 10.6 Å². The van der Waals surface area contributed by atoms with Crippen LogP contribution >= 0.6 is 0 Å². The topological polar surface area (TPSA) is 97.0 Å². The Kier molecular flexibility index (Phi) is 8.76. The zero-order valence-electron chi connectivity index (χ0n) is 16.8. The number of methoxy groups -OCH3 is 2. The van der Waals surface area contributed by atoms with Gasteiger partial charge in [-0.3, -0.25) is 14.4 Å². The predicted octanol–water partition coefficient (Wildman–Crippen LogP) is 1.68. The van der Waals surface area contributed by atoms with Crippen molar-refractivity contribution in [1.29, 1.82) is 0 Å². The number of hydrogen-bond donors (Lipinski definition) is 2. The van der Waals surface area contributed by atoms with Crippen LogP contribution in [0, 0.1) is 5.82 Å². The fourth-order valence-corrected chi connectivity index (χ4v) is 2.52. The van der Waals surface area contributed by atoms with Crippen LogP contribution in [-0.4, -0.2) is 63.1 Å². The minimum absolute atomic E-state index is 0.165. The number of ether oxygens (including phenoxy) is 2. The summed E-state index contributed by atoms with van der Waals surface area (Å²) in [6.45, 7) is -0.139. The van der Waals surface area contributed by atoms with E-state index in [1.54, 1.807) is 31.4 Å². The highest BCUT2D eigenvalue weighted by molar-refractivity contribution is 5.98. The van der Waals surface area contributed by atoms with Crippen LogP contribution in [0.25, 0.3) is 0 Å². The summed E-state index contributed by atoms with van der Waals surface area (Å²) in [7, 11) is 3.02. The van der Waals surface area contributed by atoms with Crippen LogP contribution in [0.2, 0.25) is 0 Å². The van der Waals surface area contributed by atoms with Crippen LogP contribution in [0.15, 0.2) is 48.5 Å². The molecule has 160 valence electrons. The number of nitrogens with one attached hydrogen (secondary N) is 2. The zero-order valence-corrected chi connectivity index (χ0v) is 16.8. The zero-order chi connectivity index (χ0) is 21.9. The van der Waals surface area contributed by atoms with Gasteiger partial charge in [0.25, 0.3) is 5.91 Å². The largest absolute Gasteiger partial charge is 0.497 e.